The second kappa shape index (κ2) is 13.2. The number of benzene rings is 1. The smallest absolute Gasteiger partial charge is 0.359 e. The molecule has 1 aromatic carbocycles. The summed E-state index contributed by atoms with van der Waals surface area (Å²) in [6.45, 7) is -3.03. The van der Waals surface area contributed by atoms with Crippen molar-refractivity contribution < 1.29 is 58.9 Å². The zero-order chi connectivity index (χ0) is 28.4. The first-order valence-corrected chi connectivity index (χ1v) is 10.8. The topological polar surface area (TPSA) is 268 Å². The van der Waals surface area contributed by atoms with Gasteiger partial charge >= 0.3 is 29.8 Å². The van der Waals surface area contributed by atoms with E-state index >= 15 is 0 Å². The van der Waals surface area contributed by atoms with Gasteiger partial charge in [-0.05, 0) is 12.1 Å². The number of aliphatic carboxylic acids is 5. The molecule has 0 saturated heterocycles. The Balaban J connectivity index is 4.08. The highest BCUT2D eigenvalue weighted by Gasteiger charge is 2.60. The van der Waals surface area contributed by atoms with Crippen LogP contribution in [0.5, 0.6) is 0 Å². The Bertz CT molecular complexity index is 995. The maximum absolute atomic E-state index is 12.1. The van der Waals surface area contributed by atoms with Gasteiger partial charge < -0.3 is 36.6 Å². The number of hydrogen-bond donors (Lipinski definition) is 7. The molecule has 1 aromatic rings. The summed E-state index contributed by atoms with van der Waals surface area (Å²) in [6.07, 6.45) is -3.13. The number of carboxylic acids is 5. The van der Waals surface area contributed by atoms with E-state index in [4.69, 9.17) is 5.73 Å². The fourth-order valence-electron chi connectivity index (χ4n) is 4.61. The fourth-order valence-corrected chi connectivity index (χ4v) is 4.61. The van der Waals surface area contributed by atoms with E-state index in [0.29, 0.717) is 0 Å². The van der Waals surface area contributed by atoms with Crippen LogP contribution in [0, 0.1) is 10.1 Å². The van der Waals surface area contributed by atoms with Crippen LogP contribution >= 0.6 is 0 Å². The van der Waals surface area contributed by atoms with Gasteiger partial charge in [0.2, 0.25) is 0 Å². The number of carboxylic acid groups (broad SMARTS) is 5. The van der Waals surface area contributed by atoms with Crippen molar-refractivity contribution in [3.05, 3.63) is 39.9 Å². The molecule has 16 nitrogen and oxygen atoms in total. The van der Waals surface area contributed by atoms with Crippen LogP contribution in [0.2, 0.25) is 0 Å². The molecule has 0 fully saturated rings. The first-order chi connectivity index (χ1) is 17.2. The summed E-state index contributed by atoms with van der Waals surface area (Å²) in [5, 5.41) is 62.4. The Labute approximate surface area is 209 Å². The summed E-state index contributed by atoms with van der Waals surface area (Å²) in [5.41, 5.74) is 2.94. The first-order valence-electron chi connectivity index (χ1n) is 10.8. The summed E-state index contributed by atoms with van der Waals surface area (Å²) in [7, 11) is 0. The average Bonchev–Trinajstić information content (AvgIpc) is 2.74. The van der Waals surface area contributed by atoms with Gasteiger partial charge in [-0.15, -0.1) is 0 Å². The predicted octanol–water partition coefficient (Wildman–Crippen LogP) is -0.839. The van der Waals surface area contributed by atoms with Gasteiger partial charge in [0.15, 0.2) is 13.1 Å². The molecule has 0 aromatic heterocycles. The van der Waals surface area contributed by atoms with Crippen molar-refractivity contribution in [3.63, 3.8) is 0 Å². The molecule has 8 N–H and O–H groups in total. The van der Waals surface area contributed by atoms with E-state index in [-0.39, 0.29) is 24.3 Å². The van der Waals surface area contributed by atoms with Crippen molar-refractivity contribution in [2.45, 2.75) is 37.4 Å². The molecule has 0 spiro atoms. The minimum atomic E-state index is -2.34. The van der Waals surface area contributed by atoms with Crippen LogP contribution in [0.3, 0.4) is 0 Å². The van der Waals surface area contributed by atoms with E-state index in [1.54, 1.807) is 0 Å². The van der Waals surface area contributed by atoms with Crippen LogP contribution in [0.1, 0.15) is 24.8 Å². The molecule has 0 bridgehead atoms. The van der Waals surface area contributed by atoms with E-state index in [9.17, 15) is 59.6 Å². The molecule has 0 aliphatic carbocycles. The molecule has 1 unspecified atom stereocenters. The van der Waals surface area contributed by atoms with Gasteiger partial charge in [0, 0.05) is 30.8 Å². The maximum Gasteiger partial charge on any atom is 0.359 e. The minimum Gasteiger partial charge on any atom is -0.481 e. The molecular weight excluding hydrogens is 500 g/mol. The van der Waals surface area contributed by atoms with Crippen molar-refractivity contribution in [2.24, 2.45) is 5.73 Å². The molecule has 0 radical (unpaired) electrons. The summed E-state index contributed by atoms with van der Waals surface area (Å²) in [6, 6.07) is 2.95. The largest absolute Gasteiger partial charge is 0.481 e. The van der Waals surface area contributed by atoms with E-state index in [2.05, 4.69) is 5.32 Å². The van der Waals surface area contributed by atoms with Gasteiger partial charge in [-0.25, -0.2) is 9.59 Å². The SMILES string of the molecule is NCCNC(CC(=O)O)C(CC(=O)O)(CC(=O)O)[N+](CC(=O)O)(CC(=O)O)Cc1ccc([N+](=O)[O-])cc1. The average molecular weight is 529 g/mol. The van der Waals surface area contributed by atoms with E-state index in [1.807, 2.05) is 0 Å². The van der Waals surface area contributed by atoms with Crippen molar-refractivity contribution in [1.82, 2.24) is 5.32 Å². The Morgan fingerprint density at radius 1 is 0.892 bits per heavy atom. The minimum absolute atomic E-state index is 0.0907. The highest BCUT2D eigenvalue weighted by molar-refractivity contribution is 5.76. The molecule has 16 heteroatoms. The third kappa shape index (κ3) is 8.48. The van der Waals surface area contributed by atoms with E-state index in [0.717, 1.165) is 12.1 Å². The zero-order valence-electron chi connectivity index (χ0n) is 19.6. The maximum atomic E-state index is 12.1. The number of non-ortho nitro benzene ring substituents is 1. The standard InChI is InChI=1S/C21H28N4O12/c22-5-6-23-15(7-16(26)27)21(8-17(28)29,9-18(30)31)25(11-19(32)33,12-20(34)35)10-13-1-3-14(4-2-13)24(36)37/h1-4,15,23H,5-12,22H2,(H4-,26,27,28,29,30,31,32,33,34,35)/p+1. The van der Waals surface area contributed by atoms with Crippen LogP contribution in [-0.2, 0) is 30.5 Å². The number of quaternary nitrogens is 1. The van der Waals surface area contributed by atoms with Crippen LogP contribution in [0.15, 0.2) is 24.3 Å². The molecule has 1 atom stereocenters. The molecule has 204 valence electrons. The second-order valence-electron chi connectivity index (χ2n) is 8.47. The number of nitro groups is 1. The predicted molar refractivity (Wildman–Crippen MR) is 122 cm³/mol. The summed E-state index contributed by atoms with van der Waals surface area (Å²) in [5.74, 6) is -7.98. The Kier molecular flexibility index (Phi) is 11.0. The Hall–Kier alpha value is -4.15. The third-order valence-electron chi connectivity index (χ3n) is 5.93. The van der Waals surface area contributed by atoms with Gasteiger partial charge in [-0.1, -0.05) is 0 Å². The number of rotatable bonds is 18. The lowest BCUT2D eigenvalue weighted by atomic mass is 9.76. The lowest BCUT2D eigenvalue weighted by Gasteiger charge is -2.54. The number of carbonyl (C=O) groups is 5. The molecule has 0 aliphatic rings. The van der Waals surface area contributed by atoms with Gasteiger partial charge in [0.05, 0.1) is 17.4 Å². The first kappa shape index (κ1) is 30.9. The molecule has 0 aliphatic heterocycles. The monoisotopic (exact) mass is 529 g/mol. The number of nitrogens with zero attached hydrogens (tertiary/aromatic N) is 2. The van der Waals surface area contributed by atoms with Gasteiger partial charge in [0.25, 0.3) is 5.69 Å². The third-order valence-corrected chi connectivity index (χ3v) is 5.93. The molecule has 0 heterocycles. The molecule has 0 saturated carbocycles. The van der Waals surface area contributed by atoms with Crippen molar-refractivity contribution in [2.75, 3.05) is 26.2 Å². The lowest BCUT2D eigenvalue weighted by Crippen LogP contribution is -2.75. The normalized spacial score (nSPS) is 12.5. The zero-order valence-corrected chi connectivity index (χ0v) is 19.6. The second-order valence-corrected chi connectivity index (χ2v) is 8.47. The highest BCUT2D eigenvalue weighted by Crippen LogP contribution is 2.40. The van der Waals surface area contributed by atoms with Crippen LogP contribution in [0.4, 0.5) is 5.69 Å². The van der Waals surface area contributed by atoms with Gasteiger partial charge in [0.1, 0.15) is 24.9 Å². The van der Waals surface area contributed by atoms with Gasteiger partial charge in [-0.3, -0.25) is 29.0 Å². The van der Waals surface area contributed by atoms with E-state index < -0.39 is 89.7 Å². The Morgan fingerprint density at radius 3 is 1.73 bits per heavy atom. The van der Waals surface area contributed by atoms with Crippen molar-refractivity contribution >= 4 is 35.5 Å². The van der Waals surface area contributed by atoms with Crippen molar-refractivity contribution in [3.8, 4) is 0 Å². The van der Waals surface area contributed by atoms with Crippen LogP contribution in [-0.4, -0.2) is 103 Å². The fraction of sp³-hybridized carbons (Fsp3) is 0.476. The van der Waals surface area contributed by atoms with Crippen molar-refractivity contribution in [1.29, 1.82) is 0 Å². The number of nitro benzene ring substituents is 1. The highest BCUT2D eigenvalue weighted by atomic mass is 16.6. The number of nitrogens with one attached hydrogen (secondary N) is 1. The van der Waals surface area contributed by atoms with Gasteiger partial charge in [-0.2, -0.15) is 0 Å². The number of hydrogen-bond acceptors (Lipinski definition) is 9. The summed E-state index contributed by atoms with van der Waals surface area (Å²) >= 11 is 0. The molecular formula is C21H29N4O12+. The summed E-state index contributed by atoms with van der Waals surface area (Å²) < 4.78 is -1.23. The van der Waals surface area contributed by atoms with Crippen LogP contribution in [0.25, 0.3) is 0 Å². The lowest BCUT2D eigenvalue weighted by molar-refractivity contribution is -0.977. The molecule has 1 rings (SSSR count). The van der Waals surface area contributed by atoms with E-state index in [1.165, 1.54) is 12.1 Å². The van der Waals surface area contributed by atoms with Crippen LogP contribution < -0.4 is 11.1 Å². The summed E-state index contributed by atoms with van der Waals surface area (Å²) in [4.78, 5) is 70.3. The molecule has 37 heavy (non-hydrogen) atoms. The quantitative estimate of drug-likeness (QED) is 0.0694. The molecule has 0 amide bonds. The number of nitrogens with two attached hydrogens (primary N) is 1. The Morgan fingerprint density at radius 2 is 1.38 bits per heavy atom.